The van der Waals surface area contributed by atoms with E-state index >= 15 is 0 Å². The second-order valence-corrected chi connectivity index (χ2v) is 3.43. The molecule has 0 saturated carbocycles. The average Bonchev–Trinajstić information content (AvgIpc) is 2.36. The summed E-state index contributed by atoms with van der Waals surface area (Å²) in [6.45, 7) is -0.176. The van der Waals surface area contributed by atoms with Crippen LogP contribution in [-0.4, -0.2) is 44.1 Å². The number of nitrogens with zero attached hydrogens (tertiary/aromatic N) is 1. The quantitative estimate of drug-likeness (QED) is 0.707. The van der Waals surface area contributed by atoms with Crippen LogP contribution in [0.25, 0.3) is 0 Å². The summed E-state index contributed by atoms with van der Waals surface area (Å²) < 4.78 is 9.72. The van der Waals surface area contributed by atoms with Crippen molar-refractivity contribution in [2.24, 2.45) is 0 Å². The van der Waals surface area contributed by atoms with Gasteiger partial charge in [0.1, 0.15) is 12.3 Å². The van der Waals surface area contributed by atoms with E-state index in [4.69, 9.17) is 4.74 Å². The molecule has 0 heterocycles. The highest BCUT2D eigenvalue weighted by atomic mass is 16.5. The molecule has 0 radical (unpaired) electrons. The fourth-order valence-electron chi connectivity index (χ4n) is 1.12. The van der Waals surface area contributed by atoms with Crippen LogP contribution in [0.3, 0.4) is 0 Å². The van der Waals surface area contributed by atoms with Crippen LogP contribution in [0.15, 0.2) is 30.3 Å². The van der Waals surface area contributed by atoms with E-state index in [0.717, 1.165) is 0 Å². The maximum atomic E-state index is 11.6. The number of rotatable bonds is 5. The molecule has 92 valence electrons. The Kier molecular flexibility index (Phi) is 5.00. The number of hydrogen-bond donors (Lipinski definition) is 0. The molecule has 1 aromatic rings. The molecule has 0 aliphatic heterocycles. The third-order valence-electron chi connectivity index (χ3n) is 2.13. The van der Waals surface area contributed by atoms with Gasteiger partial charge in [0.15, 0.2) is 6.61 Å². The third kappa shape index (κ3) is 4.55. The zero-order valence-corrected chi connectivity index (χ0v) is 9.88. The van der Waals surface area contributed by atoms with Crippen LogP contribution >= 0.6 is 0 Å². The Labute approximate surface area is 99.9 Å². The number of methoxy groups -OCH3 is 1. The largest absolute Gasteiger partial charge is 0.484 e. The summed E-state index contributed by atoms with van der Waals surface area (Å²) in [4.78, 5) is 23.8. The fraction of sp³-hybridized carbons (Fsp3) is 0.333. The number of carbonyl (C=O) groups excluding carboxylic acids is 2. The van der Waals surface area contributed by atoms with Crippen LogP contribution in [0.1, 0.15) is 0 Å². The van der Waals surface area contributed by atoms with Crippen LogP contribution in [0, 0.1) is 0 Å². The average molecular weight is 237 g/mol. The van der Waals surface area contributed by atoms with Crippen LogP contribution in [0.5, 0.6) is 5.75 Å². The monoisotopic (exact) mass is 237 g/mol. The molecule has 0 saturated heterocycles. The van der Waals surface area contributed by atoms with Crippen molar-refractivity contribution in [3.63, 3.8) is 0 Å². The molecule has 0 unspecified atom stereocenters. The summed E-state index contributed by atoms with van der Waals surface area (Å²) in [6, 6.07) is 9.01. The Balaban J connectivity index is 2.37. The number of likely N-dealkylation sites (N-methyl/N-ethyl adjacent to an activating group) is 1. The highest BCUT2D eigenvalue weighted by Crippen LogP contribution is 2.07. The molecule has 1 amide bonds. The standard InChI is InChI=1S/C12H15NO4/c1-13(8-12(15)16-2)11(14)9-17-10-6-4-3-5-7-10/h3-7H,8-9H2,1-2H3. The van der Waals surface area contributed by atoms with Crippen molar-refractivity contribution in [3.8, 4) is 5.75 Å². The molecule has 0 fully saturated rings. The predicted octanol–water partition coefficient (Wildman–Crippen LogP) is 0.697. The van der Waals surface area contributed by atoms with Gasteiger partial charge in [-0.3, -0.25) is 9.59 Å². The van der Waals surface area contributed by atoms with Crippen molar-refractivity contribution in [1.82, 2.24) is 4.90 Å². The topological polar surface area (TPSA) is 55.8 Å². The van der Waals surface area contributed by atoms with Gasteiger partial charge in [0.05, 0.1) is 7.11 Å². The minimum Gasteiger partial charge on any atom is -0.484 e. The summed E-state index contributed by atoms with van der Waals surface area (Å²) in [7, 11) is 2.80. The van der Waals surface area contributed by atoms with Gasteiger partial charge in [-0.25, -0.2) is 0 Å². The molecule has 5 heteroatoms. The molecule has 0 bridgehead atoms. The zero-order chi connectivity index (χ0) is 12.7. The SMILES string of the molecule is COC(=O)CN(C)C(=O)COc1ccccc1. The number of benzene rings is 1. The molecule has 0 spiro atoms. The highest BCUT2D eigenvalue weighted by molar-refractivity contribution is 5.82. The second kappa shape index (κ2) is 6.52. The predicted molar refractivity (Wildman–Crippen MR) is 61.6 cm³/mol. The zero-order valence-electron chi connectivity index (χ0n) is 9.88. The molecule has 1 aromatic carbocycles. The van der Waals surface area contributed by atoms with Gasteiger partial charge < -0.3 is 14.4 Å². The molecule has 0 N–H and O–H groups in total. The minimum atomic E-state index is -0.458. The number of esters is 1. The van der Waals surface area contributed by atoms with E-state index in [2.05, 4.69) is 4.74 Å². The maximum Gasteiger partial charge on any atom is 0.325 e. The van der Waals surface area contributed by atoms with Crippen LogP contribution < -0.4 is 4.74 Å². The number of carbonyl (C=O) groups is 2. The molecule has 5 nitrogen and oxygen atoms in total. The molecular weight excluding hydrogens is 222 g/mol. The van der Waals surface area contributed by atoms with E-state index in [0.29, 0.717) is 5.75 Å². The number of para-hydroxylation sites is 1. The van der Waals surface area contributed by atoms with Crippen molar-refractivity contribution in [3.05, 3.63) is 30.3 Å². The molecule has 0 aliphatic rings. The molecule has 0 aliphatic carbocycles. The summed E-state index contributed by atoms with van der Waals surface area (Å²) in [5.41, 5.74) is 0. The summed E-state index contributed by atoms with van der Waals surface area (Å²) >= 11 is 0. The van der Waals surface area contributed by atoms with E-state index < -0.39 is 5.97 Å². The Morgan fingerprint density at radius 2 is 1.88 bits per heavy atom. The molecule has 1 rings (SSSR count). The number of hydrogen-bond acceptors (Lipinski definition) is 4. The van der Waals surface area contributed by atoms with Crippen molar-refractivity contribution in [2.75, 3.05) is 27.3 Å². The maximum absolute atomic E-state index is 11.6. The van der Waals surface area contributed by atoms with Gasteiger partial charge in [0.25, 0.3) is 5.91 Å². The van der Waals surface area contributed by atoms with Crippen molar-refractivity contribution in [1.29, 1.82) is 0 Å². The summed E-state index contributed by atoms with van der Waals surface area (Å²) in [5, 5.41) is 0. The summed E-state index contributed by atoms with van der Waals surface area (Å²) in [5.74, 6) is -0.118. The molecule has 0 aromatic heterocycles. The minimum absolute atomic E-state index is 0.0759. The molecular formula is C12H15NO4. The van der Waals surface area contributed by atoms with Gasteiger partial charge in [-0.1, -0.05) is 18.2 Å². The van der Waals surface area contributed by atoms with Crippen molar-refractivity contribution >= 4 is 11.9 Å². The lowest BCUT2D eigenvalue weighted by Crippen LogP contribution is -2.35. The summed E-state index contributed by atoms with van der Waals surface area (Å²) in [6.07, 6.45) is 0. The Bertz CT molecular complexity index is 377. The number of ether oxygens (including phenoxy) is 2. The Hall–Kier alpha value is -2.04. The van der Waals surface area contributed by atoms with E-state index in [1.807, 2.05) is 18.2 Å². The van der Waals surface area contributed by atoms with E-state index in [1.54, 1.807) is 12.1 Å². The molecule has 0 atom stereocenters. The molecule has 17 heavy (non-hydrogen) atoms. The van der Waals surface area contributed by atoms with Gasteiger partial charge in [-0.05, 0) is 12.1 Å². The van der Waals surface area contributed by atoms with E-state index in [-0.39, 0.29) is 19.1 Å². The first kappa shape index (κ1) is 13.0. The first-order valence-electron chi connectivity index (χ1n) is 5.12. The number of amides is 1. The normalized spacial score (nSPS) is 9.53. The third-order valence-corrected chi connectivity index (χ3v) is 2.13. The lowest BCUT2D eigenvalue weighted by Gasteiger charge is -2.15. The van der Waals surface area contributed by atoms with Gasteiger partial charge in [-0.2, -0.15) is 0 Å². The Morgan fingerprint density at radius 1 is 1.24 bits per heavy atom. The lowest BCUT2D eigenvalue weighted by atomic mass is 10.3. The Morgan fingerprint density at radius 3 is 2.47 bits per heavy atom. The van der Waals surface area contributed by atoms with Gasteiger partial charge in [0.2, 0.25) is 0 Å². The van der Waals surface area contributed by atoms with Gasteiger partial charge >= 0.3 is 5.97 Å². The van der Waals surface area contributed by atoms with Gasteiger partial charge in [-0.15, -0.1) is 0 Å². The highest BCUT2D eigenvalue weighted by Gasteiger charge is 2.13. The van der Waals surface area contributed by atoms with Crippen molar-refractivity contribution < 1.29 is 19.1 Å². The van der Waals surface area contributed by atoms with Crippen LogP contribution in [0.2, 0.25) is 0 Å². The lowest BCUT2D eigenvalue weighted by molar-refractivity contribution is -0.146. The second-order valence-electron chi connectivity index (χ2n) is 3.43. The van der Waals surface area contributed by atoms with E-state index in [1.165, 1.54) is 19.1 Å². The van der Waals surface area contributed by atoms with Crippen LogP contribution in [0.4, 0.5) is 0 Å². The van der Waals surface area contributed by atoms with E-state index in [9.17, 15) is 9.59 Å². The fourth-order valence-corrected chi connectivity index (χ4v) is 1.12. The first-order chi connectivity index (χ1) is 8.13. The first-order valence-corrected chi connectivity index (χ1v) is 5.12. The van der Waals surface area contributed by atoms with Gasteiger partial charge in [0, 0.05) is 7.05 Å². The van der Waals surface area contributed by atoms with Crippen molar-refractivity contribution in [2.45, 2.75) is 0 Å². The van der Waals surface area contributed by atoms with Crippen LogP contribution in [-0.2, 0) is 14.3 Å². The smallest absolute Gasteiger partial charge is 0.325 e.